The number of hydrogen-bond donors (Lipinski definition) is 1. The van der Waals surface area contributed by atoms with Gasteiger partial charge < -0.3 is 19.4 Å². The predicted molar refractivity (Wildman–Crippen MR) is 119 cm³/mol. The number of ether oxygens (including phenoxy) is 1. The number of carbonyl (C=O) groups is 2. The fourth-order valence-electron chi connectivity index (χ4n) is 3.75. The summed E-state index contributed by atoms with van der Waals surface area (Å²) in [5, 5.41) is 2.98. The van der Waals surface area contributed by atoms with Crippen LogP contribution >= 0.6 is 0 Å². The second-order valence-corrected chi connectivity index (χ2v) is 7.95. The van der Waals surface area contributed by atoms with Crippen molar-refractivity contribution >= 4 is 11.8 Å². The lowest BCUT2D eigenvalue weighted by molar-refractivity contribution is -0.121. The first-order valence-electron chi connectivity index (χ1n) is 11.0. The standard InChI is InChI=1S/C24H33N3O4/c1-19-17-22(20(2)31-19)24(29)27(18-21-7-4-3-5-8-21)12-9-23(28)25-10-6-11-26-13-15-30-16-14-26/h3-5,7-8,17H,6,9-16,18H2,1-2H3,(H,25,28). The molecule has 1 N–H and O–H groups in total. The molecule has 2 aromatic rings. The van der Waals surface area contributed by atoms with E-state index >= 15 is 0 Å². The molecule has 1 fully saturated rings. The minimum atomic E-state index is -0.113. The van der Waals surface area contributed by atoms with Gasteiger partial charge in [-0.15, -0.1) is 0 Å². The van der Waals surface area contributed by atoms with Gasteiger partial charge in [0.05, 0.1) is 18.8 Å². The molecule has 0 spiro atoms. The lowest BCUT2D eigenvalue weighted by Gasteiger charge is -2.26. The topological polar surface area (TPSA) is 75.0 Å². The smallest absolute Gasteiger partial charge is 0.257 e. The molecule has 3 rings (SSSR count). The van der Waals surface area contributed by atoms with Gasteiger partial charge in [-0.3, -0.25) is 14.5 Å². The first-order chi connectivity index (χ1) is 15.0. The molecule has 31 heavy (non-hydrogen) atoms. The Kier molecular flexibility index (Phi) is 8.67. The molecule has 0 aliphatic carbocycles. The van der Waals surface area contributed by atoms with Gasteiger partial charge in [0.15, 0.2) is 0 Å². The second kappa shape index (κ2) is 11.7. The number of benzene rings is 1. The van der Waals surface area contributed by atoms with Crippen molar-refractivity contribution in [1.29, 1.82) is 0 Å². The molecule has 2 amide bonds. The van der Waals surface area contributed by atoms with Crippen molar-refractivity contribution in [3.05, 3.63) is 59.0 Å². The number of nitrogens with one attached hydrogen (secondary N) is 1. The van der Waals surface area contributed by atoms with Gasteiger partial charge in [0.25, 0.3) is 5.91 Å². The Balaban J connectivity index is 1.51. The molecular formula is C24H33N3O4. The van der Waals surface area contributed by atoms with E-state index in [1.54, 1.807) is 17.9 Å². The number of aryl methyl sites for hydroxylation is 2. The number of hydrogen-bond acceptors (Lipinski definition) is 5. The predicted octanol–water partition coefficient (Wildman–Crippen LogP) is 2.77. The molecule has 1 aliphatic heterocycles. The summed E-state index contributed by atoms with van der Waals surface area (Å²) in [6.07, 6.45) is 1.18. The zero-order chi connectivity index (χ0) is 22.1. The average molecular weight is 428 g/mol. The van der Waals surface area contributed by atoms with Crippen molar-refractivity contribution in [1.82, 2.24) is 15.1 Å². The van der Waals surface area contributed by atoms with E-state index in [9.17, 15) is 9.59 Å². The van der Waals surface area contributed by atoms with Crippen LogP contribution in [0.3, 0.4) is 0 Å². The molecular weight excluding hydrogens is 394 g/mol. The van der Waals surface area contributed by atoms with Crippen LogP contribution in [0, 0.1) is 13.8 Å². The Labute approximate surface area is 184 Å². The quantitative estimate of drug-likeness (QED) is 0.590. The van der Waals surface area contributed by atoms with E-state index in [-0.39, 0.29) is 18.2 Å². The minimum absolute atomic E-state index is 0.0343. The summed E-state index contributed by atoms with van der Waals surface area (Å²) < 4.78 is 10.9. The van der Waals surface area contributed by atoms with E-state index in [1.807, 2.05) is 37.3 Å². The number of furan rings is 1. The summed E-state index contributed by atoms with van der Waals surface area (Å²) >= 11 is 0. The van der Waals surface area contributed by atoms with Crippen LogP contribution in [0.2, 0.25) is 0 Å². The lowest BCUT2D eigenvalue weighted by Crippen LogP contribution is -2.38. The third-order valence-corrected chi connectivity index (χ3v) is 5.46. The van der Waals surface area contributed by atoms with Crippen LogP contribution in [0.4, 0.5) is 0 Å². The fourth-order valence-corrected chi connectivity index (χ4v) is 3.75. The maximum atomic E-state index is 13.1. The van der Waals surface area contributed by atoms with E-state index in [0.29, 0.717) is 36.7 Å². The number of rotatable bonds is 10. The molecule has 1 saturated heterocycles. The SMILES string of the molecule is Cc1cc(C(=O)N(CCC(=O)NCCCN2CCOCC2)Cc2ccccc2)c(C)o1. The average Bonchev–Trinajstić information content (AvgIpc) is 3.13. The van der Waals surface area contributed by atoms with E-state index in [2.05, 4.69) is 10.2 Å². The molecule has 0 bridgehead atoms. The lowest BCUT2D eigenvalue weighted by atomic mass is 10.1. The van der Waals surface area contributed by atoms with Crippen molar-refractivity contribution in [2.45, 2.75) is 33.2 Å². The summed E-state index contributed by atoms with van der Waals surface area (Å²) in [6, 6.07) is 11.6. The maximum absolute atomic E-state index is 13.1. The molecule has 0 unspecified atom stereocenters. The molecule has 7 nitrogen and oxygen atoms in total. The monoisotopic (exact) mass is 427 g/mol. The Morgan fingerprint density at radius 2 is 1.87 bits per heavy atom. The maximum Gasteiger partial charge on any atom is 0.257 e. The highest BCUT2D eigenvalue weighted by molar-refractivity contribution is 5.95. The van der Waals surface area contributed by atoms with Gasteiger partial charge in [0.1, 0.15) is 11.5 Å². The summed E-state index contributed by atoms with van der Waals surface area (Å²) in [6.45, 7) is 9.51. The van der Waals surface area contributed by atoms with E-state index < -0.39 is 0 Å². The highest BCUT2D eigenvalue weighted by Crippen LogP contribution is 2.18. The van der Waals surface area contributed by atoms with Crippen molar-refractivity contribution < 1.29 is 18.7 Å². The molecule has 2 heterocycles. The Hall–Kier alpha value is -2.64. The molecule has 1 aliphatic rings. The number of carbonyl (C=O) groups excluding carboxylic acids is 2. The number of amides is 2. The molecule has 0 atom stereocenters. The first kappa shape index (κ1) is 23.0. The van der Waals surface area contributed by atoms with Crippen LogP contribution in [0.5, 0.6) is 0 Å². The Morgan fingerprint density at radius 1 is 1.13 bits per heavy atom. The van der Waals surface area contributed by atoms with Crippen molar-refractivity contribution in [3.8, 4) is 0 Å². The summed E-state index contributed by atoms with van der Waals surface area (Å²) in [7, 11) is 0. The van der Waals surface area contributed by atoms with E-state index in [4.69, 9.17) is 9.15 Å². The fraction of sp³-hybridized carbons (Fsp3) is 0.500. The van der Waals surface area contributed by atoms with Gasteiger partial charge in [-0.25, -0.2) is 0 Å². The van der Waals surface area contributed by atoms with Gasteiger partial charge >= 0.3 is 0 Å². The van der Waals surface area contributed by atoms with Gasteiger partial charge in [0, 0.05) is 39.1 Å². The first-order valence-corrected chi connectivity index (χ1v) is 11.0. The third kappa shape index (κ3) is 7.22. The molecule has 1 aromatic heterocycles. The van der Waals surface area contributed by atoms with Crippen LogP contribution in [-0.2, 0) is 16.1 Å². The van der Waals surface area contributed by atoms with Crippen LogP contribution in [0.25, 0.3) is 0 Å². The van der Waals surface area contributed by atoms with Crippen LogP contribution < -0.4 is 5.32 Å². The zero-order valence-corrected chi connectivity index (χ0v) is 18.6. The van der Waals surface area contributed by atoms with Crippen molar-refractivity contribution in [2.24, 2.45) is 0 Å². The second-order valence-electron chi connectivity index (χ2n) is 7.95. The van der Waals surface area contributed by atoms with Crippen molar-refractivity contribution in [3.63, 3.8) is 0 Å². The highest BCUT2D eigenvalue weighted by atomic mass is 16.5. The minimum Gasteiger partial charge on any atom is -0.466 e. The largest absolute Gasteiger partial charge is 0.466 e. The van der Waals surface area contributed by atoms with Crippen LogP contribution in [0.1, 0.15) is 40.3 Å². The Morgan fingerprint density at radius 3 is 2.55 bits per heavy atom. The Bertz CT molecular complexity index is 844. The summed E-state index contributed by atoms with van der Waals surface area (Å²) in [5.41, 5.74) is 1.58. The highest BCUT2D eigenvalue weighted by Gasteiger charge is 2.21. The molecule has 7 heteroatoms. The summed E-state index contributed by atoms with van der Waals surface area (Å²) in [4.78, 5) is 29.6. The normalized spacial score (nSPS) is 14.4. The number of morpholine rings is 1. The molecule has 0 radical (unpaired) electrons. The van der Waals surface area contributed by atoms with E-state index in [0.717, 1.165) is 44.8 Å². The van der Waals surface area contributed by atoms with Gasteiger partial charge in [-0.1, -0.05) is 30.3 Å². The zero-order valence-electron chi connectivity index (χ0n) is 18.6. The number of nitrogens with zero attached hydrogens (tertiary/aromatic N) is 2. The van der Waals surface area contributed by atoms with Gasteiger partial charge in [0.2, 0.25) is 5.91 Å². The molecule has 1 aromatic carbocycles. The van der Waals surface area contributed by atoms with Gasteiger partial charge in [-0.05, 0) is 38.4 Å². The third-order valence-electron chi connectivity index (χ3n) is 5.46. The van der Waals surface area contributed by atoms with E-state index in [1.165, 1.54) is 0 Å². The molecule has 168 valence electrons. The molecule has 0 saturated carbocycles. The van der Waals surface area contributed by atoms with Gasteiger partial charge in [-0.2, -0.15) is 0 Å². The van der Waals surface area contributed by atoms with Crippen molar-refractivity contribution in [2.75, 3.05) is 45.9 Å². The van der Waals surface area contributed by atoms with Crippen LogP contribution in [0.15, 0.2) is 40.8 Å². The summed E-state index contributed by atoms with van der Waals surface area (Å²) in [5.74, 6) is 1.16. The van der Waals surface area contributed by atoms with Crippen LogP contribution in [-0.4, -0.2) is 67.6 Å².